The first-order valence-electron chi connectivity index (χ1n) is 7.06. The Morgan fingerprint density at radius 1 is 1.37 bits per heavy atom. The Labute approximate surface area is 116 Å². The molecule has 1 aromatic carbocycles. The van der Waals surface area contributed by atoms with Crippen LogP contribution in [0.5, 0.6) is 0 Å². The molecule has 0 aromatic heterocycles. The fourth-order valence-corrected chi connectivity index (χ4v) is 2.81. The van der Waals surface area contributed by atoms with Crippen molar-refractivity contribution in [2.24, 2.45) is 5.73 Å². The maximum atomic E-state index is 6.42. The van der Waals surface area contributed by atoms with Crippen LogP contribution in [-0.2, 0) is 4.74 Å². The van der Waals surface area contributed by atoms with E-state index >= 15 is 0 Å². The largest absolute Gasteiger partial charge is 0.378 e. The maximum Gasteiger partial charge on any atom is 0.0645 e. The zero-order valence-electron chi connectivity index (χ0n) is 12.6. The third kappa shape index (κ3) is 3.35. The molecular formula is C16H26N2O. The lowest BCUT2D eigenvalue weighted by Gasteiger charge is -2.43. The number of nitrogens with two attached hydrogens (primary N) is 1. The van der Waals surface area contributed by atoms with Gasteiger partial charge in [-0.15, -0.1) is 0 Å². The summed E-state index contributed by atoms with van der Waals surface area (Å²) in [7, 11) is 0. The summed E-state index contributed by atoms with van der Waals surface area (Å²) < 4.78 is 5.56. The smallest absolute Gasteiger partial charge is 0.0645 e. The van der Waals surface area contributed by atoms with Crippen LogP contribution in [0.1, 0.15) is 36.6 Å². The molecule has 2 N–H and O–H groups in total. The van der Waals surface area contributed by atoms with Crippen molar-refractivity contribution in [3.63, 3.8) is 0 Å². The summed E-state index contributed by atoms with van der Waals surface area (Å²) in [5.74, 6) is 0. The number of hydrogen-bond acceptors (Lipinski definition) is 3. The van der Waals surface area contributed by atoms with Crippen LogP contribution in [0, 0.1) is 13.8 Å². The number of rotatable bonds is 3. The van der Waals surface area contributed by atoms with E-state index < -0.39 is 0 Å². The van der Waals surface area contributed by atoms with Crippen LogP contribution in [0.15, 0.2) is 18.2 Å². The summed E-state index contributed by atoms with van der Waals surface area (Å²) in [4.78, 5) is 2.44. The van der Waals surface area contributed by atoms with Gasteiger partial charge in [0, 0.05) is 24.7 Å². The molecule has 0 amide bonds. The van der Waals surface area contributed by atoms with E-state index in [0.29, 0.717) is 0 Å². The van der Waals surface area contributed by atoms with Crippen LogP contribution in [0.3, 0.4) is 0 Å². The number of ether oxygens (including phenoxy) is 1. The van der Waals surface area contributed by atoms with Gasteiger partial charge in [0.2, 0.25) is 0 Å². The summed E-state index contributed by atoms with van der Waals surface area (Å²) in [5, 5.41) is 0. The van der Waals surface area contributed by atoms with Crippen molar-refractivity contribution >= 4 is 0 Å². The molecule has 106 valence electrons. The van der Waals surface area contributed by atoms with E-state index in [-0.39, 0.29) is 11.6 Å². The van der Waals surface area contributed by atoms with Crippen molar-refractivity contribution in [3.8, 4) is 0 Å². The van der Waals surface area contributed by atoms with Crippen molar-refractivity contribution in [2.45, 2.75) is 39.3 Å². The second kappa shape index (κ2) is 5.61. The molecule has 1 fully saturated rings. The molecule has 3 heteroatoms. The first-order valence-corrected chi connectivity index (χ1v) is 7.06. The molecule has 0 saturated carbocycles. The van der Waals surface area contributed by atoms with E-state index in [1.165, 1.54) is 16.7 Å². The number of benzene rings is 1. The van der Waals surface area contributed by atoms with E-state index in [0.717, 1.165) is 26.3 Å². The Morgan fingerprint density at radius 3 is 2.74 bits per heavy atom. The molecule has 1 aromatic rings. The zero-order valence-corrected chi connectivity index (χ0v) is 12.6. The van der Waals surface area contributed by atoms with Gasteiger partial charge in [-0.05, 0) is 38.8 Å². The highest BCUT2D eigenvalue weighted by Gasteiger charge is 2.31. The number of morpholine rings is 1. The molecule has 1 aliphatic heterocycles. The van der Waals surface area contributed by atoms with Gasteiger partial charge >= 0.3 is 0 Å². The summed E-state index contributed by atoms with van der Waals surface area (Å²) in [6, 6.07) is 6.59. The van der Waals surface area contributed by atoms with E-state index in [2.05, 4.69) is 50.8 Å². The van der Waals surface area contributed by atoms with Crippen LogP contribution in [-0.4, -0.2) is 36.7 Å². The summed E-state index contributed by atoms with van der Waals surface area (Å²) >= 11 is 0. The Morgan fingerprint density at radius 2 is 2.11 bits per heavy atom. The minimum absolute atomic E-state index is 0.0676. The lowest BCUT2D eigenvalue weighted by Crippen LogP contribution is -2.54. The van der Waals surface area contributed by atoms with E-state index in [9.17, 15) is 0 Å². The van der Waals surface area contributed by atoms with Gasteiger partial charge in [-0.25, -0.2) is 0 Å². The van der Waals surface area contributed by atoms with Gasteiger partial charge in [0.25, 0.3) is 0 Å². The lowest BCUT2D eigenvalue weighted by atomic mass is 9.96. The minimum Gasteiger partial charge on any atom is -0.378 e. The highest BCUT2D eigenvalue weighted by atomic mass is 16.5. The van der Waals surface area contributed by atoms with Gasteiger partial charge < -0.3 is 10.5 Å². The lowest BCUT2D eigenvalue weighted by molar-refractivity contribution is -0.0531. The molecule has 1 unspecified atom stereocenters. The first-order chi connectivity index (χ1) is 8.90. The average Bonchev–Trinajstić information content (AvgIpc) is 2.31. The molecule has 1 atom stereocenters. The second-order valence-electron chi connectivity index (χ2n) is 6.28. The van der Waals surface area contributed by atoms with E-state index in [4.69, 9.17) is 10.5 Å². The third-order valence-electron chi connectivity index (χ3n) is 4.06. The quantitative estimate of drug-likeness (QED) is 0.909. The first kappa shape index (κ1) is 14.5. The highest BCUT2D eigenvalue weighted by molar-refractivity contribution is 5.32. The fraction of sp³-hybridized carbons (Fsp3) is 0.625. The topological polar surface area (TPSA) is 38.5 Å². The maximum absolute atomic E-state index is 6.42. The van der Waals surface area contributed by atoms with Crippen LogP contribution in [0.25, 0.3) is 0 Å². The molecule has 1 heterocycles. The summed E-state index contributed by atoms with van der Waals surface area (Å²) in [6.07, 6.45) is 0. The van der Waals surface area contributed by atoms with Gasteiger partial charge in [0.1, 0.15) is 0 Å². The van der Waals surface area contributed by atoms with Crippen LogP contribution in [0.2, 0.25) is 0 Å². The number of nitrogens with zero attached hydrogens (tertiary/aromatic N) is 1. The van der Waals surface area contributed by atoms with Crippen LogP contribution in [0.4, 0.5) is 0 Å². The molecule has 3 nitrogen and oxygen atoms in total. The molecule has 0 radical (unpaired) electrons. The van der Waals surface area contributed by atoms with Gasteiger partial charge in [-0.2, -0.15) is 0 Å². The zero-order chi connectivity index (χ0) is 14.0. The van der Waals surface area contributed by atoms with Crippen molar-refractivity contribution in [1.29, 1.82) is 0 Å². The Hall–Kier alpha value is -0.900. The fourth-order valence-electron chi connectivity index (χ4n) is 2.81. The molecule has 0 spiro atoms. The SMILES string of the molecule is Cc1ccc(C(N)CN2CCOCC2(C)C)c(C)c1. The van der Waals surface area contributed by atoms with Gasteiger partial charge in [0.05, 0.1) is 13.2 Å². The Balaban J connectivity index is 2.09. The van der Waals surface area contributed by atoms with Crippen molar-refractivity contribution in [3.05, 3.63) is 34.9 Å². The number of hydrogen-bond donors (Lipinski definition) is 1. The van der Waals surface area contributed by atoms with Crippen molar-refractivity contribution < 1.29 is 4.74 Å². The molecule has 0 aliphatic carbocycles. The van der Waals surface area contributed by atoms with Crippen molar-refractivity contribution in [1.82, 2.24) is 4.90 Å². The summed E-state index contributed by atoms with van der Waals surface area (Å²) in [6.45, 7) is 12.2. The molecule has 1 aliphatic rings. The van der Waals surface area contributed by atoms with Gasteiger partial charge in [-0.3, -0.25) is 4.90 Å². The van der Waals surface area contributed by atoms with E-state index in [1.807, 2.05) is 0 Å². The predicted octanol–water partition coefficient (Wildman–Crippen LogP) is 2.41. The highest BCUT2D eigenvalue weighted by Crippen LogP contribution is 2.24. The van der Waals surface area contributed by atoms with Gasteiger partial charge in [-0.1, -0.05) is 23.8 Å². The van der Waals surface area contributed by atoms with Crippen LogP contribution < -0.4 is 5.73 Å². The Kier molecular flexibility index (Phi) is 4.29. The molecule has 2 rings (SSSR count). The number of aryl methyl sites for hydroxylation is 2. The Bertz CT molecular complexity index is 442. The van der Waals surface area contributed by atoms with E-state index in [1.54, 1.807) is 0 Å². The molecule has 1 saturated heterocycles. The normalized spacial score (nSPS) is 21.3. The predicted molar refractivity (Wildman–Crippen MR) is 79.3 cm³/mol. The molecular weight excluding hydrogens is 236 g/mol. The second-order valence-corrected chi connectivity index (χ2v) is 6.28. The van der Waals surface area contributed by atoms with Gasteiger partial charge in [0.15, 0.2) is 0 Å². The molecule has 0 bridgehead atoms. The van der Waals surface area contributed by atoms with Crippen LogP contribution >= 0.6 is 0 Å². The standard InChI is InChI=1S/C16H26N2O/c1-12-5-6-14(13(2)9-12)15(17)10-18-7-8-19-11-16(18,3)4/h5-6,9,15H,7-8,10-11,17H2,1-4H3. The minimum atomic E-state index is 0.0676. The average molecular weight is 262 g/mol. The van der Waals surface area contributed by atoms with Crippen molar-refractivity contribution in [2.75, 3.05) is 26.3 Å². The molecule has 19 heavy (non-hydrogen) atoms. The monoisotopic (exact) mass is 262 g/mol. The third-order valence-corrected chi connectivity index (χ3v) is 4.06. The summed E-state index contributed by atoms with van der Waals surface area (Å²) in [5.41, 5.74) is 10.3.